The Morgan fingerprint density at radius 3 is 2.24 bits per heavy atom. The number of halogens is 3. The summed E-state index contributed by atoms with van der Waals surface area (Å²) in [6.07, 6.45) is -3.00. The number of hydrogen-bond acceptors (Lipinski definition) is 2. The Labute approximate surface area is 118 Å². The van der Waals surface area contributed by atoms with Crippen LogP contribution in [0.2, 0.25) is 0 Å². The fraction of sp³-hybridized carbons (Fsp3) is 0.0667. The molecule has 0 aliphatic heterocycles. The van der Waals surface area contributed by atoms with Gasteiger partial charge in [0.15, 0.2) is 5.82 Å². The van der Waals surface area contributed by atoms with Crippen LogP contribution in [-0.2, 0) is 6.18 Å². The van der Waals surface area contributed by atoms with Crippen molar-refractivity contribution < 1.29 is 13.2 Å². The second kappa shape index (κ2) is 5.05. The van der Waals surface area contributed by atoms with Gasteiger partial charge in [-0.05, 0) is 12.1 Å². The number of nitrogens with one attached hydrogen (secondary N) is 1. The molecular formula is C15H10F3N3. The van der Waals surface area contributed by atoms with Crippen LogP contribution in [0.25, 0.3) is 22.8 Å². The first kappa shape index (κ1) is 13.4. The SMILES string of the molecule is FC(F)(F)c1[nH]c(-c2ccccn2)nc1-c1ccccc1. The maximum Gasteiger partial charge on any atom is 0.433 e. The Bertz CT molecular complexity index is 734. The molecule has 0 atom stereocenters. The summed E-state index contributed by atoms with van der Waals surface area (Å²) in [5.41, 5.74) is -0.216. The predicted octanol–water partition coefficient (Wildman–Crippen LogP) is 4.16. The predicted molar refractivity (Wildman–Crippen MR) is 72.3 cm³/mol. The van der Waals surface area contributed by atoms with Crippen LogP contribution in [0, 0.1) is 0 Å². The van der Waals surface area contributed by atoms with E-state index in [1.165, 1.54) is 6.20 Å². The highest BCUT2D eigenvalue weighted by atomic mass is 19.4. The van der Waals surface area contributed by atoms with E-state index in [0.29, 0.717) is 11.3 Å². The molecule has 0 saturated carbocycles. The number of aromatic nitrogens is 3. The number of aromatic amines is 1. The van der Waals surface area contributed by atoms with Gasteiger partial charge < -0.3 is 4.98 Å². The number of nitrogens with zero attached hydrogens (tertiary/aromatic N) is 2. The normalized spacial score (nSPS) is 11.6. The molecule has 3 nitrogen and oxygen atoms in total. The molecule has 0 unspecified atom stereocenters. The zero-order valence-electron chi connectivity index (χ0n) is 10.7. The number of imidazole rings is 1. The number of rotatable bonds is 2. The Kier molecular flexibility index (Phi) is 3.21. The molecule has 0 aliphatic carbocycles. The first-order valence-corrected chi connectivity index (χ1v) is 6.20. The van der Waals surface area contributed by atoms with Gasteiger partial charge in [-0.3, -0.25) is 4.98 Å². The van der Waals surface area contributed by atoms with E-state index in [2.05, 4.69) is 15.0 Å². The van der Waals surface area contributed by atoms with Crippen LogP contribution in [0.5, 0.6) is 0 Å². The summed E-state index contributed by atoms with van der Waals surface area (Å²) < 4.78 is 39.5. The van der Waals surface area contributed by atoms with Crippen LogP contribution in [0.4, 0.5) is 13.2 Å². The zero-order chi connectivity index (χ0) is 14.9. The maximum atomic E-state index is 13.2. The van der Waals surface area contributed by atoms with Gasteiger partial charge >= 0.3 is 6.18 Å². The monoisotopic (exact) mass is 289 g/mol. The summed E-state index contributed by atoms with van der Waals surface area (Å²) in [6, 6.07) is 13.3. The molecule has 0 fully saturated rings. The minimum Gasteiger partial charge on any atom is -0.333 e. The van der Waals surface area contributed by atoms with Crippen molar-refractivity contribution in [2.45, 2.75) is 6.18 Å². The van der Waals surface area contributed by atoms with Crippen molar-refractivity contribution in [2.75, 3.05) is 0 Å². The Balaban J connectivity index is 2.17. The third kappa shape index (κ3) is 2.65. The lowest BCUT2D eigenvalue weighted by Crippen LogP contribution is -2.07. The van der Waals surface area contributed by atoms with Crippen LogP contribution < -0.4 is 0 Å². The second-order valence-corrected chi connectivity index (χ2v) is 4.39. The van der Waals surface area contributed by atoms with Crippen LogP contribution in [0.1, 0.15) is 5.69 Å². The topological polar surface area (TPSA) is 41.6 Å². The van der Waals surface area contributed by atoms with E-state index < -0.39 is 11.9 Å². The molecule has 0 bridgehead atoms. The van der Waals surface area contributed by atoms with E-state index in [1.807, 2.05) is 0 Å². The van der Waals surface area contributed by atoms with Crippen molar-refractivity contribution in [3.63, 3.8) is 0 Å². The molecule has 3 aromatic rings. The lowest BCUT2D eigenvalue weighted by molar-refractivity contribution is -0.140. The molecule has 0 saturated heterocycles. The first-order chi connectivity index (χ1) is 10.1. The zero-order valence-corrected chi connectivity index (χ0v) is 10.7. The smallest absolute Gasteiger partial charge is 0.333 e. The van der Waals surface area contributed by atoms with E-state index in [0.717, 1.165) is 0 Å². The van der Waals surface area contributed by atoms with E-state index in [-0.39, 0.29) is 11.5 Å². The maximum absolute atomic E-state index is 13.2. The minimum atomic E-state index is -4.51. The Morgan fingerprint density at radius 1 is 0.905 bits per heavy atom. The third-order valence-corrected chi connectivity index (χ3v) is 2.94. The van der Waals surface area contributed by atoms with Gasteiger partial charge in [-0.15, -0.1) is 0 Å². The summed E-state index contributed by atoms with van der Waals surface area (Å²) in [4.78, 5) is 10.4. The summed E-state index contributed by atoms with van der Waals surface area (Å²) in [5, 5.41) is 0. The van der Waals surface area contributed by atoms with Crippen LogP contribution in [0.3, 0.4) is 0 Å². The van der Waals surface area contributed by atoms with Gasteiger partial charge in [-0.1, -0.05) is 36.4 Å². The molecule has 2 heterocycles. The van der Waals surface area contributed by atoms with E-state index in [1.54, 1.807) is 48.5 Å². The number of alkyl halides is 3. The average molecular weight is 289 g/mol. The molecule has 2 aromatic heterocycles. The van der Waals surface area contributed by atoms with Gasteiger partial charge in [-0.2, -0.15) is 13.2 Å². The summed E-state index contributed by atoms with van der Waals surface area (Å²) in [6.45, 7) is 0. The van der Waals surface area contributed by atoms with Crippen molar-refractivity contribution >= 4 is 0 Å². The molecule has 0 radical (unpaired) electrons. The molecular weight excluding hydrogens is 279 g/mol. The summed E-state index contributed by atoms with van der Waals surface area (Å²) in [5.74, 6) is 0.0989. The highest BCUT2D eigenvalue weighted by Gasteiger charge is 2.37. The van der Waals surface area contributed by atoms with Crippen molar-refractivity contribution in [3.8, 4) is 22.8 Å². The van der Waals surface area contributed by atoms with Crippen LogP contribution in [-0.4, -0.2) is 15.0 Å². The summed E-state index contributed by atoms with van der Waals surface area (Å²) >= 11 is 0. The van der Waals surface area contributed by atoms with Gasteiger partial charge in [0.1, 0.15) is 17.1 Å². The highest BCUT2D eigenvalue weighted by Crippen LogP contribution is 2.36. The first-order valence-electron chi connectivity index (χ1n) is 6.20. The molecule has 0 spiro atoms. The van der Waals surface area contributed by atoms with Crippen LogP contribution >= 0.6 is 0 Å². The molecule has 0 aliphatic rings. The largest absolute Gasteiger partial charge is 0.433 e. The summed E-state index contributed by atoms with van der Waals surface area (Å²) in [7, 11) is 0. The van der Waals surface area contributed by atoms with Crippen LogP contribution in [0.15, 0.2) is 54.7 Å². The molecule has 1 aromatic carbocycles. The number of benzene rings is 1. The number of hydrogen-bond donors (Lipinski definition) is 1. The Hall–Kier alpha value is -2.63. The molecule has 0 amide bonds. The van der Waals surface area contributed by atoms with Crippen molar-refractivity contribution in [2.24, 2.45) is 0 Å². The highest BCUT2D eigenvalue weighted by molar-refractivity contribution is 5.66. The standard InChI is InChI=1S/C15H10F3N3/c16-15(17,18)13-12(10-6-2-1-3-7-10)20-14(21-13)11-8-4-5-9-19-11/h1-9H,(H,20,21). The molecule has 3 rings (SSSR count). The third-order valence-electron chi connectivity index (χ3n) is 2.94. The van der Waals surface area contributed by atoms with Gasteiger partial charge in [0.25, 0.3) is 0 Å². The minimum absolute atomic E-state index is 0.0989. The number of pyridine rings is 1. The van der Waals surface area contributed by atoms with E-state index >= 15 is 0 Å². The van der Waals surface area contributed by atoms with E-state index in [4.69, 9.17) is 0 Å². The van der Waals surface area contributed by atoms with Gasteiger partial charge in [0.05, 0.1) is 0 Å². The fourth-order valence-corrected chi connectivity index (χ4v) is 2.01. The second-order valence-electron chi connectivity index (χ2n) is 4.39. The molecule has 21 heavy (non-hydrogen) atoms. The van der Waals surface area contributed by atoms with Gasteiger partial charge in [0.2, 0.25) is 0 Å². The van der Waals surface area contributed by atoms with Crippen molar-refractivity contribution in [3.05, 3.63) is 60.4 Å². The van der Waals surface area contributed by atoms with Crippen molar-refractivity contribution in [1.29, 1.82) is 0 Å². The fourth-order valence-electron chi connectivity index (χ4n) is 2.01. The molecule has 106 valence electrons. The van der Waals surface area contributed by atoms with Gasteiger partial charge in [0, 0.05) is 11.8 Å². The quantitative estimate of drug-likeness (QED) is 0.769. The van der Waals surface area contributed by atoms with Crippen molar-refractivity contribution in [1.82, 2.24) is 15.0 Å². The van der Waals surface area contributed by atoms with E-state index in [9.17, 15) is 13.2 Å². The lowest BCUT2D eigenvalue weighted by Gasteiger charge is -2.06. The van der Waals surface area contributed by atoms with Gasteiger partial charge in [-0.25, -0.2) is 4.98 Å². The average Bonchev–Trinajstić information content (AvgIpc) is 2.94. The lowest BCUT2D eigenvalue weighted by atomic mass is 10.1. The molecule has 1 N–H and O–H groups in total. The molecule has 6 heteroatoms. The Morgan fingerprint density at radius 2 is 1.62 bits per heavy atom. The number of H-pyrrole nitrogens is 1.